The molecule has 0 bridgehead atoms. The summed E-state index contributed by atoms with van der Waals surface area (Å²) in [5, 5.41) is 2.17. The smallest absolute Gasteiger partial charge is 0.192 e. The number of ether oxygens (including phenoxy) is 1. The molecule has 91 valence electrons. The molecular weight excluding hydrogens is 398 g/mol. The van der Waals surface area contributed by atoms with Crippen LogP contribution < -0.4 is 0 Å². The maximum atomic E-state index is 12.2. The summed E-state index contributed by atoms with van der Waals surface area (Å²) in [5.74, 6) is 0.0798. The van der Waals surface area contributed by atoms with E-state index in [1.807, 2.05) is 42.5 Å². The Bertz CT molecular complexity index is 639. The minimum atomic E-state index is 0. The van der Waals surface area contributed by atoms with Gasteiger partial charge in [-0.3, -0.25) is 4.79 Å². The van der Waals surface area contributed by atoms with Crippen LogP contribution in [0.25, 0.3) is 16.8 Å². The fourth-order valence-electron chi connectivity index (χ4n) is 2.37. The fourth-order valence-corrected chi connectivity index (χ4v) is 2.37. The third-order valence-corrected chi connectivity index (χ3v) is 3.10. The Morgan fingerprint density at radius 1 is 1.11 bits per heavy atom. The van der Waals surface area contributed by atoms with Crippen LogP contribution in [0.4, 0.5) is 0 Å². The molecule has 1 radical (unpaired) electrons. The van der Waals surface area contributed by atoms with Crippen LogP contribution in [-0.2, 0) is 25.2 Å². The number of benzene rings is 2. The minimum absolute atomic E-state index is 0. The van der Waals surface area contributed by atoms with E-state index in [0.29, 0.717) is 6.61 Å². The monoisotopic (exact) mass is 411 g/mol. The van der Waals surface area contributed by atoms with E-state index >= 15 is 0 Å². The number of carbonyl (C=O) groups excluding carboxylic acids is 1. The molecule has 0 heterocycles. The third-order valence-electron chi connectivity index (χ3n) is 3.10. The number of hydrogen-bond donors (Lipinski definition) is 0. The van der Waals surface area contributed by atoms with Gasteiger partial charge in [-0.1, -0.05) is 36.4 Å². The molecule has 0 atom stereocenters. The van der Waals surface area contributed by atoms with Crippen LogP contribution in [-0.4, -0.2) is 19.5 Å². The van der Waals surface area contributed by atoms with Crippen LogP contribution in [0.3, 0.4) is 0 Å². The molecular formula is C15H12O2Re. The van der Waals surface area contributed by atoms with Gasteiger partial charge in [0.05, 0.1) is 6.61 Å². The molecule has 0 aliphatic heterocycles. The number of rotatable bonds is 2. The molecule has 3 rings (SSSR count). The molecule has 3 heteroatoms. The van der Waals surface area contributed by atoms with Crippen LogP contribution in [0, 0.1) is 0 Å². The summed E-state index contributed by atoms with van der Waals surface area (Å²) < 4.78 is 5.07. The molecule has 0 spiro atoms. The molecule has 2 aromatic rings. The largest absolute Gasteiger partial charge is 0.380 e. The minimum Gasteiger partial charge on any atom is -0.380 e. The van der Waals surface area contributed by atoms with E-state index in [9.17, 15) is 4.79 Å². The number of Topliss-reactive ketones (excluding diaryl/α,β-unsaturated/α-hetero) is 1. The van der Waals surface area contributed by atoms with E-state index in [4.69, 9.17) is 4.74 Å². The molecule has 0 saturated carbocycles. The third kappa shape index (κ3) is 1.95. The van der Waals surface area contributed by atoms with Gasteiger partial charge in [0.25, 0.3) is 0 Å². The summed E-state index contributed by atoms with van der Waals surface area (Å²) in [6.45, 7) is 0.365. The fraction of sp³-hybridized carbons (Fsp3) is 0.133. The first kappa shape index (κ1) is 13.2. The summed E-state index contributed by atoms with van der Waals surface area (Å²) in [7, 11) is 1.61. The number of ketones is 1. The van der Waals surface area contributed by atoms with E-state index in [1.54, 1.807) is 7.11 Å². The van der Waals surface area contributed by atoms with Crippen molar-refractivity contribution in [2.45, 2.75) is 0 Å². The molecule has 18 heavy (non-hydrogen) atoms. The Hall–Kier alpha value is -1.27. The second-order valence-electron chi connectivity index (χ2n) is 4.18. The molecule has 0 fully saturated rings. The quantitative estimate of drug-likeness (QED) is 0.761. The van der Waals surface area contributed by atoms with Gasteiger partial charge in [-0.15, -0.1) is 0 Å². The number of hydrogen-bond acceptors (Lipinski definition) is 2. The van der Waals surface area contributed by atoms with Crippen molar-refractivity contribution in [2.24, 2.45) is 0 Å². The van der Waals surface area contributed by atoms with E-state index in [-0.39, 0.29) is 26.2 Å². The van der Waals surface area contributed by atoms with Gasteiger partial charge in [0.2, 0.25) is 0 Å². The maximum absolute atomic E-state index is 12.2. The first-order valence-corrected chi connectivity index (χ1v) is 5.57. The van der Waals surface area contributed by atoms with Crippen LogP contribution in [0.5, 0.6) is 0 Å². The summed E-state index contributed by atoms with van der Waals surface area (Å²) >= 11 is 0. The molecule has 0 amide bonds. The molecule has 1 aliphatic rings. The van der Waals surface area contributed by atoms with Crippen LogP contribution in [0.2, 0.25) is 0 Å². The molecule has 0 unspecified atom stereocenters. The summed E-state index contributed by atoms with van der Waals surface area (Å²) in [6.07, 6.45) is 1.93. The van der Waals surface area contributed by atoms with Crippen molar-refractivity contribution in [2.75, 3.05) is 13.7 Å². The predicted octanol–water partition coefficient (Wildman–Crippen LogP) is 3.06. The average molecular weight is 410 g/mol. The summed E-state index contributed by atoms with van der Waals surface area (Å²) in [4.78, 5) is 12.2. The van der Waals surface area contributed by atoms with Crippen LogP contribution >= 0.6 is 0 Å². The zero-order chi connectivity index (χ0) is 11.8. The molecule has 0 aromatic heterocycles. The van der Waals surface area contributed by atoms with Crippen molar-refractivity contribution in [1.29, 1.82) is 0 Å². The first-order chi connectivity index (χ1) is 8.31. The Kier molecular flexibility index (Phi) is 3.77. The van der Waals surface area contributed by atoms with Crippen molar-refractivity contribution in [3.05, 3.63) is 53.1 Å². The van der Waals surface area contributed by atoms with E-state index in [1.165, 1.54) is 0 Å². The van der Waals surface area contributed by atoms with Gasteiger partial charge in [-0.05, 0) is 17.0 Å². The Balaban J connectivity index is 0.00000120. The standard InChI is InChI=1S/C15H12O2.Re/c1-17-9-12-8-11-6-2-4-10-5-3-7-13(14(10)11)15(12)16;/h2-8H,9H2,1H3;. The summed E-state index contributed by atoms with van der Waals surface area (Å²) in [6, 6.07) is 11.9. The van der Waals surface area contributed by atoms with Crippen LogP contribution in [0.15, 0.2) is 42.0 Å². The van der Waals surface area contributed by atoms with Crippen LogP contribution in [0.1, 0.15) is 15.9 Å². The van der Waals surface area contributed by atoms with Crippen molar-refractivity contribution in [3.8, 4) is 0 Å². The predicted molar refractivity (Wildman–Crippen MR) is 68.1 cm³/mol. The Morgan fingerprint density at radius 3 is 2.56 bits per heavy atom. The maximum Gasteiger partial charge on any atom is 0.192 e. The van der Waals surface area contributed by atoms with E-state index in [2.05, 4.69) is 0 Å². The van der Waals surface area contributed by atoms with Gasteiger partial charge in [0, 0.05) is 44.1 Å². The zero-order valence-corrected chi connectivity index (χ0v) is 12.7. The van der Waals surface area contributed by atoms with Gasteiger partial charge in [-0.2, -0.15) is 0 Å². The van der Waals surface area contributed by atoms with Crippen molar-refractivity contribution < 1.29 is 30.0 Å². The van der Waals surface area contributed by atoms with Crippen molar-refractivity contribution in [1.82, 2.24) is 0 Å². The SMILES string of the molecule is COCC1=Cc2cccc3cccc(c23)C1=O.[Re]. The molecule has 2 aromatic carbocycles. The zero-order valence-electron chi connectivity index (χ0n) is 9.94. The topological polar surface area (TPSA) is 26.3 Å². The van der Waals surface area contributed by atoms with Gasteiger partial charge in [0.15, 0.2) is 5.78 Å². The van der Waals surface area contributed by atoms with Gasteiger partial charge >= 0.3 is 0 Å². The molecule has 1 aliphatic carbocycles. The van der Waals surface area contributed by atoms with Gasteiger partial charge in [-0.25, -0.2) is 0 Å². The Morgan fingerprint density at radius 2 is 1.83 bits per heavy atom. The normalized spacial score (nSPS) is 13.2. The molecule has 0 saturated heterocycles. The second-order valence-corrected chi connectivity index (χ2v) is 4.18. The van der Waals surface area contributed by atoms with Crippen molar-refractivity contribution >= 4 is 22.6 Å². The van der Waals surface area contributed by atoms with Crippen molar-refractivity contribution in [3.63, 3.8) is 0 Å². The molecule has 0 N–H and O–H groups in total. The number of carbonyl (C=O) groups is 1. The first-order valence-electron chi connectivity index (χ1n) is 5.57. The summed E-state index contributed by atoms with van der Waals surface area (Å²) in [5.41, 5.74) is 2.61. The average Bonchev–Trinajstić information content (AvgIpc) is 2.36. The second kappa shape index (κ2) is 5.16. The molecule has 2 nitrogen and oxygen atoms in total. The van der Waals surface area contributed by atoms with E-state index < -0.39 is 0 Å². The van der Waals surface area contributed by atoms with Gasteiger partial charge < -0.3 is 4.74 Å². The Labute approximate surface area is 119 Å². The van der Waals surface area contributed by atoms with E-state index in [0.717, 1.165) is 27.5 Å². The number of methoxy groups -OCH3 is 1. The van der Waals surface area contributed by atoms with Gasteiger partial charge in [0.1, 0.15) is 0 Å².